The van der Waals surface area contributed by atoms with Crippen LogP contribution >= 0.6 is 35.3 Å². The summed E-state index contributed by atoms with van der Waals surface area (Å²) in [6.07, 6.45) is 0. The molecule has 0 bridgehead atoms. The van der Waals surface area contributed by atoms with Gasteiger partial charge in [-0.05, 0) is 6.07 Å². The fraction of sp³-hybridized carbons (Fsp3) is 0.0833. The molecule has 24 heavy (non-hydrogen) atoms. The number of hydrogen-bond donors (Lipinski definition) is 2. The van der Waals surface area contributed by atoms with E-state index in [0.717, 1.165) is 23.1 Å². The van der Waals surface area contributed by atoms with Crippen molar-refractivity contribution >= 4 is 78.3 Å². The lowest BCUT2D eigenvalue weighted by Crippen LogP contribution is -2.37. The molecule has 1 aromatic carbocycles. The summed E-state index contributed by atoms with van der Waals surface area (Å²) in [5.74, 6) is -2.58. The molecule has 1 atom stereocenters. The highest BCUT2D eigenvalue weighted by Gasteiger charge is 2.38. The Balaban J connectivity index is 1.78. The number of carbonyl (C=O) groups excluding carboxylic acids is 3. The number of thioether (sulfide) groups is 1. The first kappa shape index (κ1) is 16.4. The predicted molar refractivity (Wildman–Crippen MR) is 92.0 cm³/mol. The molecular weight excluding hydrogens is 376 g/mol. The molecule has 9 nitrogen and oxygen atoms in total. The van der Waals surface area contributed by atoms with Gasteiger partial charge in [0, 0.05) is 12.1 Å². The number of nitrogens with one attached hydrogen (secondary N) is 2. The van der Waals surface area contributed by atoms with Crippen LogP contribution in [0.1, 0.15) is 0 Å². The molecule has 0 radical (unpaired) electrons. The maximum atomic E-state index is 12.0. The third-order valence-electron chi connectivity index (χ3n) is 2.95. The summed E-state index contributed by atoms with van der Waals surface area (Å²) in [5.41, 5.74) is 0.343. The number of rotatable bonds is 4. The largest absolute Gasteiger partial charge is 0.310 e. The van der Waals surface area contributed by atoms with Gasteiger partial charge in [0.1, 0.15) is 4.32 Å². The van der Waals surface area contributed by atoms with Crippen LogP contribution in [0, 0.1) is 10.1 Å². The van der Waals surface area contributed by atoms with Crippen LogP contribution in [0.3, 0.4) is 0 Å². The van der Waals surface area contributed by atoms with Crippen LogP contribution in [0.4, 0.5) is 10.8 Å². The van der Waals surface area contributed by atoms with Gasteiger partial charge in [-0.15, -0.1) is 0 Å². The number of thiazole rings is 1. The molecule has 1 fully saturated rings. The Morgan fingerprint density at radius 1 is 1.42 bits per heavy atom. The van der Waals surface area contributed by atoms with Gasteiger partial charge in [0.15, 0.2) is 10.4 Å². The second kappa shape index (κ2) is 6.22. The molecule has 0 unspecified atom stereocenters. The number of Topliss-reactive ketones (excluding diaryl/α,β-unsaturated/α-hetero) is 1. The van der Waals surface area contributed by atoms with Gasteiger partial charge in [-0.3, -0.25) is 29.8 Å². The average molecular weight is 382 g/mol. The zero-order valence-corrected chi connectivity index (χ0v) is 13.9. The minimum atomic E-state index is -1.21. The molecule has 1 saturated heterocycles. The van der Waals surface area contributed by atoms with Crippen LogP contribution in [0.15, 0.2) is 18.2 Å². The number of aromatic nitrogens is 1. The Bertz CT molecular complexity index is 925. The van der Waals surface area contributed by atoms with Crippen LogP contribution in [0.5, 0.6) is 0 Å². The normalized spacial score (nSPS) is 16.9. The smallest absolute Gasteiger partial charge is 0.295 e. The molecule has 1 aromatic heterocycles. The maximum absolute atomic E-state index is 12.0. The van der Waals surface area contributed by atoms with Gasteiger partial charge in [0.2, 0.25) is 11.7 Å². The zero-order chi connectivity index (χ0) is 17.4. The number of carbonyl (C=O) groups is 3. The summed E-state index contributed by atoms with van der Waals surface area (Å²) in [4.78, 5) is 49.8. The van der Waals surface area contributed by atoms with Crippen molar-refractivity contribution in [2.75, 3.05) is 5.32 Å². The lowest BCUT2D eigenvalue weighted by molar-refractivity contribution is -0.384. The molecule has 2 aromatic rings. The number of thiocarbonyl (C=S) groups is 1. The molecule has 122 valence electrons. The second-order valence-electron chi connectivity index (χ2n) is 4.52. The van der Waals surface area contributed by atoms with Crippen molar-refractivity contribution in [3.8, 4) is 0 Å². The average Bonchev–Trinajstić information content (AvgIpc) is 3.07. The second-order valence-corrected chi connectivity index (χ2v) is 7.33. The van der Waals surface area contributed by atoms with Crippen LogP contribution in [0.25, 0.3) is 10.2 Å². The van der Waals surface area contributed by atoms with Crippen molar-refractivity contribution in [2.45, 2.75) is 5.25 Å². The highest BCUT2D eigenvalue weighted by Crippen LogP contribution is 2.29. The summed E-state index contributed by atoms with van der Waals surface area (Å²) in [5, 5.41) is 14.2. The zero-order valence-electron chi connectivity index (χ0n) is 11.5. The van der Waals surface area contributed by atoms with Gasteiger partial charge in [0.05, 0.1) is 15.1 Å². The highest BCUT2D eigenvalue weighted by atomic mass is 32.2. The van der Waals surface area contributed by atoms with E-state index in [1.807, 2.05) is 0 Å². The van der Waals surface area contributed by atoms with Gasteiger partial charge in [-0.2, -0.15) is 0 Å². The van der Waals surface area contributed by atoms with Gasteiger partial charge < -0.3 is 5.32 Å². The topological polar surface area (TPSA) is 131 Å². The molecule has 1 aliphatic heterocycles. The fourth-order valence-electron chi connectivity index (χ4n) is 1.89. The van der Waals surface area contributed by atoms with Gasteiger partial charge in [0.25, 0.3) is 11.6 Å². The minimum Gasteiger partial charge on any atom is -0.310 e. The summed E-state index contributed by atoms with van der Waals surface area (Å²) in [6, 6.07) is 4.06. The number of amides is 2. The Labute approximate surface area is 147 Å². The number of benzene rings is 1. The monoisotopic (exact) mass is 382 g/mol. The van der Waals surface area contributed by atoms with Crippen LogP contribution in [-0.4, -0.2) is 37.1 Å². The minimum absolute atomic E-state index is 0.104. The quantitative estimate of drug-likeness (QED) is 0.265. The highest BCUT2D eigenvalue weighted by molar-refractivity contribution is 8.25. The summed E-state index contributed by atoms with van der Waals surface area (Å²) in [6.45, 7) is 0. The lowest BCUT2D eigenvalue weighted by Gasteiger charge is -2.03. The van der Waals surface area contributed by atoms with Crippen LogP contribution < -0.4 is 10.6 Å². The maximum Gasteiger partial charge on any atom is 0.295 e. The van der Waals surface area contributed by atoms with E-state index in [-0.39, 0.29) is 15.1 Å². The Kier molecular flexibility index (Phi) is 4.26. The summed E-state index contributed by atoms with van der Waals surface area (Å²) < 4.78 is 0.625. The number of nitrogens with zero attached hydrogens (tertiary/aromatic N) is 2. The molecule has 0 aliphatic carbocycles. The van der Waals surface area contributed by atoms with E-state index in [4.69, 9.17) is 12.2 Å². The first-order chi connectivity index (χ1) is 11.3. The molecule has 1 aliphatic rings. The molecule has 3 rings (SSSR count). The van der Waals surface area contributed by atoms with E-state index >= 15 is 0 Å². The number of ketones is 1. The van der Waals surface area contributed by atoms with Crippen molar-refractivity contribution in [1.82, 2.24) is 10.3 Å². The molecule has 2 N–H and O–H groups in total. The third-order valence-corrected chi connectivity index (χ3v) is 5.26. The molecule has 0 saturated carbocycles. The molecule has 12 heteroatoms. The number of anilines is 1. The Morgan fingerprint density at radius 2 is 2.17 bits per heavy atom. The SMILES string of the molecule is O=C(Nc1nc2ccc([N+](=O)[O-])cc2s1)C(=O)[C@@H]1SC(=S)NC1=O. The van der Waals surface area contributed by atoms with Crippen LogP contribution in [-0.2, 0) is 14.4 Å². The van der Waals surface area contributed by atoms with E-state index in [2.05, 4.69) is 15.6 Å². The van der Waals surface area contributed by atoms with Crippen molar-refractivity contribution in [3.05, 3.63) is 28.3 Å². The Morgan fingerprint density at radius 3 is 2.79 bits per heavy atom. The first-order valence-electron chi connectivity index (χ1n) is 6.27. The third kappa shape index (κ3) is 3.11. The first-order valence-corrected chi connectivity index (χ1v) is 8.37. The lowest BCUT2D eigenvalue weighted by atomic mass is 10.2. The Hall–Kier alpha value is -2.44. The number of nitro benzene ring substituents is 1. The van der Waals surface area contributed by atoms with E-state index < -0.39 is 27.8 Å². The fourth-order valence-corrected chi connectivity index (χ4v) is 3.92. The van der Waals surface area contributed by atoms with Crippen molar-refractivity contribution < 1.29 is 19.3 Å². The van der Waals surface area contributed by atoms with Crippen molar-refractivity contribution in [1.29, 1.82) is 0 Å². The number of nitro groups is 1. The molecular formula is C12H6N4O5S3. The van der Waals surface area contributed by atoms with E-state index in [0.29, 0.717) is 10.2 Å². The standard InChI is InChI=1S/C12H6N4O5S3/c17-7(8-10(19)15-12(22)24-8)9(18)14-11-13-5-2-1-4(16(20)21)3-6(5)23-11/h1-3,8H,(H,13,14,18)(H,15,19,22)/t8-/m0/s1. The van der Waals surface area contributed by atoms with E-state index in [1.54, 1.807) is 0 Å². The van der Waals surface area contributed by atoms with Crippen molar-refractivity contribution in [3.63, 3.8) is 0 Å². The summed E-state index contributed by atoms with van der Waals surface area (Å²) >= 11 is 6.55. The van der Waals surface area contributed by atoms with E-state index in [9.17, 15) is 24.5 Å². The number of non-ortho nitro benzene ring substituents is 1. The number of fused-ring (bicyclic) bond motifs is 1. The van der Waals surface area contributed by atoms with Crippen molar-refractivity contribution in [2.24, 2.45) is 0 Å². The predicted octanol–water partition coefficient (Wildman–Crippen LogP) is 1.23. The molecule has 2 heterocycles. The molecule has 2 amide bonds. The van der Waals surface area contributed by atoms with Gasteiger partial charge in [-0.1, -0.05) is 35.3 Å². The van der Waals surface area contributed by atoms with E-state index in [1.165, 1.54) is 18.2 Å². The van der Waals surface area contributed by atoms with Gasteiger partial charge in [-0.25, -0.2) is 4.98 Å². The van der Waals surface area contributed by atoms with Crippen LogP contribution in [0.2, 0.25) is 0 Å². The molecule has 0 spiro atoms. The summed E-state index contributed by atoms with van der Waals surface area (Å²) in [7, 11) is 0. The number of hydrogen-bond acceptors (Lipinski definition) is 9. The van der Waals surface area contributed by atoms with Gasteiger partial charge >= 0.3 is 0 Å².